The fourth-order valence-electron chi connectivity index (χ4n) is 6.73. The maximum absolute atomic E-state index is 14.5. The number of carbonyl (C=O) groups excluding carboxylic acids is 2. The van der Waals surface area contributed by atoms with Gasteiger partial charge < -0.3 is 14.8 Å². The highest BCUT2D eigenvalue weighted by molar-refractivity contribution is 6.30. The maximum atomic E-state index is 14.5. The summed E-state index contributed by atoms with van der Waals surface area (Å²) in [5.74, 6) is 1.22. The largest absolute Gasteiger partial charge is 0.490 e. The van der Waals surface area contributed by atoms with Crippen LogP contribution >= 0.6 is 11.6 Å². The molecule has 1 aliphatic heterocycles. The third-order valence-electron chi connectivity index (χ3n) is 9.19. The van der Waals surface area contributed by atoms with Crippen molar-refractivity contribution in [2.45, 2.75) is 77.9 Å². The highest BCUT2D eigenvalue weighted by Crippen LogP contribution is 2.48. The molecule has 1 aliphatic carbocycles. The Balaban J connectivity index is 1.45. The third-order valence-corrected chi connectivity index (χ3v) is 9.44. The first-order chi connectivity index (χ1) is 23.4. The zero-order valence-corrected chi connectivity index (χ0v) is 28.7. The number of amides is 1. The number of aryl methyl sites for hydroxylation is 1. The minimum atomic E-state index is -0.638. The zero-order valence-electron chi connectivity index (χ0n) is 27.9. The molecule has 0 aromatic heterocycles. The molecule has 2 aliphatic rings. The van der Waals surface area contributed by atoms with E-state index in [2.05, 4.69) is 43.4 Å². The fourth-order valence-corrected chi connectivity index (χ4v) is 6.85. The minimum absolute atomic E-state index is 0.00840. The average molecular weight is 663 g/mol. The second kappa shape index (κ2) is 15.1. The number of hydrogen-bond acceptors (Lipinski definition) is 5. The van der Waals surface area contributed by atoms with Crippen molar-refractivity contribution >= 4 is 34.7 Å². The van der Waals surface area contributed by atoms with Crippen molar-refractivity contribution in [3.8, 4) is 11.5 Å². The predicted octanol–water partition coefficient (Wildman–Crippen LogP) is 10.1. The van der Waals surface area contributed by atoms with Crippen molar-refractivity contribution < 1.29 is 19.1 Å². The standard InChI is InChI=1S/C41H43ClN2O4/c1-4-6-7-12-39(46)44-35-11-9-8-10-33(35)43-34-23-31(29-17-13-27(3)14-18-29)24-36(45)40(34)41(44)30-19-22-37(38(25-30)47-5-2)48-26-28-15-20-32(42)21-16-28/h8-11,13-22,25,31,41,43H,4-7,12,23-24,26H2,1-3H3/t31-,41+/m0/s1. The smallest absolute Gasteiger partial charge is 0.227 e. The van der Waals surface area contributed by atoms with Crippen molar-refractivity contribution in [2.75, 3.05) is 16.8 Å². The van der Waals surface area contributed by atoms with Crippen LogP contribution in [0.1, 0.15) is 86.6 Å². The van der Waals surface area contributed by atoms with E-state index in [4.69, 9.17) is 21.1 Å². The fraction of sp³-hybridized carbons (Fsp3) is 0.317. The number of benzene rings is 4. The van der Waals surface area contributed by atoms with Gasteiger partial charge in [0.25, 0.3) is 0 Å². The summed E-state index contributed by atoms with van der Waals surface area (Å²) in [5.41, 5.74) is 7.19. The normalized spacial score (nSPS) is 17.2. The van der Waals surface area contributed by atoms with E-state index in [-0.39, 0.29) is 17.6 Å². The van der Waals surface area contributed by atoms with Crippen molar-refractivity contribution in [1.82, 2.24) is 0 Å². The number of unbranched alkanes of at least 4 members (excludes halogenated alkanes) is 2. The van der Waals surface area contributed by atoms with Gasteiger partial charge in [-0.2, -0.15) is 0 Å². The minimum Gasteiger partial charge on any atom is -0.490 e. The van der Waals surface area contributed by atoms with Gasteiger partial charge in [0.05, 0.1) is 24.0 Å². The number of Topliss-reactive ketones (excluding diaryl/α,β-unsaturated/α-hetero) is 1. The number of ether oxygens (including phenoxy) is 2. The summed E-state index contributed by atoms with van der Waals surface area (Å²) >= 11 is 6.08. The molecule has 1 N–H and O–H groups in total. The van der Waals surface area contributed by atoms with Crippen LogP contribution in [0.25, 0.3) is 0 Å². The number of carbonyl (C=O) groups is 2. The highest BCUT2D eigenvalue weighted by atomic mass is 35.5. The number of nitrogens with zero attached hydrogens (tertiary/aromatic N) is 1. The summed E-state index contributed by atoms with van der Waals surface area (Å²) in [4.78, 5) is 30.6. The molecule has 4 aromatic rings. The first-order valence-corrected chi connectivity index (χ1v) is 17.4. The van der Waals surface area contributed by atoms with Crippen molar-refractivity contribution in [3.63, 3.8) is 0 Å². The average Bonchev–Trinajstić information content (AvgIpc) is 3.24. The monoisotopic (exact) mass is 662 g/mol. The second-order valence-corrected chi connectivity index (χ2v) is 13.1. The molecule has 0 saturated heterocycles. The Morgan fingerprint density at radius 1 is 0.875 bits per heavy atom. The van der Waals surface area contributed by atoms with Gasteiger partial charge in [0.15, 0.2) is 17.3 Å². The summed E-state index contributed by atoms with van der Waals surface area (Å²) in [6.07, 6.45) is 4.18. The molecule has 48 heavy (non-hydrogen) atoms. The molecule has 7 heteroatoms. The Morgan fingerprint density at radius 3 is 2.38 bits per heavy atom. The Bertz CT molecular complexity index is 1800. The summed E-state index contributed by atoms with van der Waals surface area (Å²) in [7, 11) is 0. The lowest BCUT2D eigenvalue weighted by atomic mass is 9.78. The molecule has 0 radical (unpaired) electrons. The predicted molar refractivity (Wildman–Crippen MR) is 193 cm³/mol. The van der Waals surface area contributed by atoms with Crippen LogP contribution in [0.15, 0.2) is 102 Å². The number of allylic oxidation sites excluding steroid dienone is 1. The highest BCUT2D eigenvalue weighted by Gasteiger charge is 2.41. The molecule has 1 amide bonds. The molecule has 0 fully saturated rings. The van der Waals surface area contributed by atoms with Crippen molar-refractivity contribution in [3.05, 3.63) is 130 Å². The topological polar surface area (TPSA) is 67.9 Å². The zero-order chi connectivity index (χ0) is 33.6. The van der Waals surface area contributed by atoms with Gasteiger partial charge in [-0.15, -0.1) is 0 Å². The van der Waals surface area contributed by atoms with Crippen LogP contribution < -0.4 is 19.7 Å². The second-order valence-electron chi connectivity index (χ2n) is 12.7. The third kappa shape index (κ3) is 7.29. The van der Waals surface area contributed by atoms with Crippen LogP contribution in [0, 0.1) is 6.92 Å². The van der Waals surface area contributed by atoms with E-state index in [1.807, 2.05) is 78.6 Å². The number of rotatable bonds is 11. The first kappa shape index (κ1) is 33.4. The molecular formula is C41H43ClN2O4. The molecule has 0 saturated carbocycles. The Labute approximate surface area is 288 Å². The molecule has 0 spiro atoms. The van der Waals surface area contributed by atoms with E-state index in [1.54, 1.807) is 0 Å². The van der Waals surface area contributed by atoms with Gasteiger partial charge in [-0.3, -0.25) is 14.5 Å². The molecule has 1 heterocycles. The van der Waals surface area contributed by atoms with E-state index in [1.165, 1.54) is 5.56 Å². The lowest BCUT2D eigenvalue weighted by molar-refractivity contribution is -0.119. The van der Waals surface area contributed by atoms with Crippen molar-refractivity contribution in [2.24, 2.45) is 0 Å². The van der Waals surface area contributed by atoms with Gasteiger partial charge >= 0.3 is 0 Å². The molecular weight excluding hydrogens is 620 g/mol. The first-order valence-electron chi connectivity index (χ1n) is 17.0. The molecule has 4 aromatic carbocycles. The van der Waals surface area contributed by atoms with Crippen LogP contribution in [0.2, 0.25) is 5.02 Å². The summed E-state index contributed by atoms with van der Waals surface area (Å²) < 4.78 is 12.4. The summed E-state index contributed by atoms with van der Waals surface area (Å²) in [6, 6.07) is 29.0. The number of fused-ring (bicyclic) bond motifs is 1. The molecule has 6 rings (SSSR count). The lowest BCUT2D eigenvalue weighted by Crippen LogP contribution is -2.38. The van der Waals surface area contributed by atoms with Crippen LogP contribution in [0.3, 0.4) is 0 Å². The Morgan fingerprint density at radius 2 is 1.62 bits per heavy atom. The van der Waals surface area contributed by atoms with Crippen LogP contribution in [0.5, 0.6) is 11.5 Å². The molecule has 248 valence electrons. The van der Waals surface area contributed by atoms with Crippen LogP contribution in [-0.4, -0.2) is 18.3 Å². The maximum Gasteiger partial charge on any atom is 0.227 e. The quantitative estimate of drug-likeness (QED) is 0.162. The number of para-hydroxylation sites is 2. The van der Waals surface area contributed by atoms with Gasteiger partial charge in [0, 0.05) is 29.1 Å². The van der Waals surface area contributed by atoms with Gasteiger partial charge in [-0.1, -0.05) is 91.5 Å². The van der Waals surface area contributed by atoms with E-state index in [9.17, 15) is 9.59 Å². The van der Waals surface area contributed by atoms with Crippen LogP contribution in [0.4, 0.5) is 11.4 Å². The molecule has 0 unspecified atom stereocenters. The van der Waals surface area contributed by atoms with E-state index < -0.39 is 6.04 Å². The van der Waals surface area contributed by atoms with Gasteiger partial charge in [0.2, 0.25) is 5.91 Å². The molecule has 2 atom stereocenters. The van der Waals surface area contributed by atoms with Gasteiger partial charge in [-0.25, -0.2) is 0 Å². The Kier molecular flexibility index (Phi) is 10.5. The van der Waals surface area contributed by atoms with E-state index in [0.29, 0.717) is 54.6 Å². The number of halogens is 1. The van der Waals surface area contributed by atoms with Gasteiger partial charge in [0.1, 0.15) is 6.61 Å². The number of anilines is 2. The lowest BCUT2D eigenvalue weighted by Gasteiger charge is -2.35. The van der Waals surface area contributed by atoms with Crippen molar-refractivity contribution in [1.29, 1.82) is 0 Å². The van der Waals surface area contributed by atoms with Crippen LogP contribution in [-0.2, 0) is 16.2 Å². The summed E-state index contributed by atoms with van der Waals surface area (Å²) in [6.45, 7) is 6.91. The number of hydrogen-bond donors (Lipinski definition) is 1. The van der Waals surface area contributed by atoms with E-state index >= 15 is 0 Å². The summed E-state index contributed by atoms with van der Waals surface area (Å²) in [5, 5.41) is 4.32. The van der Waals surface area contributed by atoms with Gasteiger partial charge in [-0.05, 0) is 85.7 Å². The number of nitrogens with one attached hydrogen (secondary N) is 1. The SMILES string of the molecule is CCCCCC(=O)N1c2ccccc2NC2=C(C(=O)C[C@@H](c3ccc(C)cc3)C2)[C@H]1c1ccc(OCc2ccc(Cl)cc2)c(OCC)c1. The Hall–Kier alpha value is -4.55. The number of ketones is 1. The van der Waals surface area contributed by atoms with E-state index in [0.717, 1.165) is 53.0 Å². The molecule has 0 bridgehead atoms. The molecule has 6 nitrogen and oxygen atoms in total.